The molecule has 2 aromatic rings. The van der Waals surface area contributed by atoms with Gasteiger partial charge in [-0.3, -0.25) is 0 Å². The van der Waals surface area contributed by atoms with Crippen molar-refractivity contribution in [2.24, 2.45) is 0 Å². The molecule has 0 radical (unpaired) electrons. The third-order valence-corrected chi connectivity index (χ3v) is 2.69. The number of ether oxygens (including phenoxy) is 2. The van der Waals surface area contributed by atoms with Crippen LogP contribution in [0.4, 0.5) is 0 Å². The van der Waals surface area contributed by atoms with Gasteiger partial charge in [0, 0.05) is 6.20 Å². The highest BCUT2D eigenvalue weighted by atomic mass is 16.5. The minimum Gasteiger partial charge on any atom is -0.493 e. The van der Waals surface area contributed by atoms with Gasteiger partial charge in [-0.05, 0) is 30.2 Å². The lowest BCUT2D eigenvalue weighted by molar-refractivity contribution is 0.0689. The zero-order valence-electron chi connectivity index (χ0n) is 11.2. The highest BCUT2D eigenvalue weighted by Crippen LogP contribution is 2.31. The van der Waals surface area contributed by atoms with Gasteiger partial charge in [-0.25, -0.2) is 9.78 Å². The summed E-state index contributed by atoms with van der Waals surface area (Å²) in [6, 6.07) is 6.77. The first-order valence-corrected chi connectivity index (χ1v) is 6.05. The Morgan fingerprint density at radius 1 is 1.30 bits per heavy atom. The van der Waals surface area contributed by atoms with Crippen molar-refractivity contribution < 1.29 is 19.4 Å². The van der Waals surface area contributed by atoms with Crippen LogP contribution in [-0.2, 0) is 6.42 Å². The number of nitrogens with zero attached hydrogens (tertiary/aromatic N) is 2. The van der Waals surface area contributed by atoms with Crippen molar-refractivity contribution in [1.29, 1.82) is 0 Å². The van der Waals surface area contributed by atoms with Gasteiger partial charge in [-0.2, -0.15) is 4.98 Å². The summed E-state index contributed by atoms with van der Waals surface area (Å²) < 4.78 is 10.7. The van der Waals surface area contributed by atoms with E-state index in [0.29, 0.717) is 11.5 Å². The maximum atomic E-state index is 10.8. The van der Waals surface area contributed by atoms with Crippen LogP contribution in [0.3, 0.4) is 0 Å². The van der Waals surface area contributed by atoms with Crippen LogP contribution < -0.4 is 9.47 Å². The van der Waals surface area contributed by atoms with Crippen molar-refractivity contribution in [3.63, 3.8) is 0 Å². The molecule has 0 amide bonds. The van der Waals surface area contributed by atoms with Crippen LogP contribution >= 0.6 is 0 Å². The predicted molar refractivity (Wildman–Crippen MR) is 71.4 cm³/mol. The number of benzene rings is 1. The van der Waals surface area contributed by atoms with E-state index in [0.717, 1.165) is 12.0 Å². The summed E-state index contributed by atoms with van der Waals surface area (Å²) in [5.41, 5.74) is 0.980. The number of hydrogen-bond acceptors (Lipinski definition) is 5. The van der Waals surface area contributed by atoms with Gasteiger partial charge < -0.3 is 14.6 Å². The van der Waals surface area contributed by atoms with E-state index < -0.39 is 5.97 Å². The number of methoxy groups -OCH3 is 1. The molecular weight excluding hydrogens is 260 g/mol. The van der Waals surface area contributed by atoms with E-state index in [2.05, 4.69) is 9.97 Å². The smallest absolute Gasteiger partial charge is 0.354 e. The van der Waals surface area contributed by atoms with Gasteiger partial charge >= 0.3 is 12.0 Å². The van der Waals surface area contributed by atoms with E-state index in [1.807, 2.05) is 19.1 Å². The fourth-order valence-electron chi connectivity index (χ4n) is 1.62. The lowest BCUT2D eigenvalue weighted by Gasteiger charge is -2.10. The Hall–Kier alpha value is -2.63. The van der Waals surface area contributed by atoms with Crippen molar-refractivity contribution in [3.8, 4) is 17.5 Å². The number of aryl methyl sites for hydroxylation is 1. The highest BCUT2D eigenvalue weighted by molar-refractivity contribution is 5.85. The van der Waals surface area contributed by atoms with Crippen LogP contribution in [0.25, 0.3) is 0 Å². The van der Waals surface area contributed by atoms with Crippen LogP contribution in [0.1, 0.15) is 23.0 Å². The Kier molecular flexibility index (Phi) is 4.14. The number of rotatable bonds is 5. The monoisotopic (exact) mass is 274 g/mol. The van der Waals surface area contributed by atoms with Crippen molar-refractivity contribution in [2.75, 3.05) is 7.11 Å². The zero-order valence-corrected chi connectivity index (χ0v) is 11.2. The van der Waals surface area contributed by atoms with Crippen LogP contribution in [0.2, 0.25) is 0 Å². The molecule has 0 unspecified atom stereocenters. The van der Waals surface area contributed by atoms with Gasteiger partial charge in [0.1, 0.15) is 0 Å². The van der Waals surface area contributed by atoms with Crippen molar-refractivity contribution in [1.82, 2.24) is 9.97 Å². The van der Waals surface area contributed by atoms with Gasteiger partial charge in [0.15, 0.2) is 17.2 Å². The third-order valence-electron chi connectivity index (χ3n) is 2.69. The molecule has 0 aliphatic rings. The summed E-state index contributed by atoms with van der Waals surface area (Å²) in [4.78, 5) is 18.5. The molecule has 104 valence electrons. The zero-order chi connectivity index (χ0) is 14.5. The van der Waals surface area contributed by atoms with E-state index in [1.165, 1.54) is 19.4 Å². The molecular formula is C14H14N2O4. The number of aromatic nitrogens is 2. The average molecular weight is 274 g/mol. The number of carboxylic acid groups (broad SMARTS) is 1. The average Bonchev–Trinajstić information content (AvgIpc) is 2.48. The molecule has 0 fully saturated rings. The summed E-state index contributed by atoms with van der Waals surface area (Å²) in [6.45, 7) is 2.04. The van der Waals surface area contributed by atoms with Gasteiger partial charge in [-0.1, -0.05) is 13.0 Å². The topological polar surface area (TPSA) is 81.5 Å². The highest BCUT2D eigenvalue weighted by Gasteiger charge is 2.11. The second-order valence-corrected chi connectivity index (χ2v) is 3.97. The van der Waals surface area contributed by atoms with E-state index in [1.54, 1.807) is 6.07 Å². The molecule has 20 heavy (non-hydrogen) atoms. The van der Waals surface area contributed by atoms with Gasteiger partial charge in [0.2, 0.25) is 0 Å². The molecule has 0 spiro atoms. The summed E-state index contributed by atoms with van der Waals surface area (Å²) in [5.74, 6) is -0.147. The van der Waals surface area contributed by atoms with Crippen LogP contribution in [-0.4, -0.2) is 28.2 Å². The SMILES string of the molecule is CCc1ccc(Oc2nccc(C(=O)O)n2)c(OC)c1. The maximum Gasteiger partial charge on any atom is 0.354 e. The van der Waals surface area contributed by atoms with Crippen LogP contribution in [0.15, 0.2) is 30.5 Å². The van der Waals surface area contributed by atoms with Crippen LogP contribution in [0, 0.1) is 0 Å². The lowest BCUT2D eigenvalue weighted by atomic mass is 10.1. The number of carboxylic acids is 1. The molecule has 6 nitrogen and oxygen atoms in total. The molecule has 0 atom stereocenters. The maximum absolute atomic E-state index is 10.8. The van der Waals surface area contributed by atoms with Crippen LogP contribution in [0.5, 0.6) is 17.5 Å². The van der Waals surface area contributed by atoms with Crippen molar-refractivity contribution in [2.45, 2.75) is 13.3 Å². The fraction of sp³-hybridized carbons (Fsp3) is 0.214. The Balaban J connectivity index is 2.29. The summed E-state index contributed by atoms with van der Waals surface area (Å²) in [7, 11) is 1.54. The van der Waals surface area contributed by atoms with Crippen molar-refractivity contribution in [3.05, 3.63) is 41.7 Å². The van der Waals surface area contributed by atoms with Gasteiger partial charge in [0.25, 0.3) is 0 Å². The minimum atomic E-state index is -1.13. The first-order valence-electron chi connectivity index (χ1n) is 6.05. The minimum absolute atomic E-state index is 0.0348. The second kappa shape index (κ2) is 6.01. The molecule has 1 aromatic carbocycles. The predicted octanol–water partition coefficient (Wildman–Crippen LogP) is 2.54. The summed E-state index contributed by atoms with van der Waals surface area (Å²) >= 11 is 0. The molecule has 2 rings (SSSR count). The molecule has 0 aliphatic heterocycles. The Morgan fingerprint density at radius 3 is 2.75 bits per heavy atom. The standard InChI is InChI=1S/C14H14N2O4/c1-3-9-4-5-11(12(8-9)19-2)20-14-15-7-6-10(16-14)13(17)18/h4-8H,3H2,1-2H3,(H,17,18). The molecule has 1 heterocycles. The Labute approximate surface area is 116 Å². The summed E-state index contributed by atoms with van der Waals surface area (Å²) in [5, 5.41) is 8.87. The summed E-state index contributed by atoms with van der Waals surface area (Å²) in [6.07, 6.45) is 2.21. The second-order valence-electron chi connectivity index (χ2n) is 3.97. The van der Waals surface area contributed by atoms with E-state index in [9.17, 15) is 4.79 Å². The molecule has 0 bridgehead atoms. The first kappa shape index (κ1) is 13.8. The molecule has 1 aromatic heterocycles. The molecule has 0 saturated heterocycles. The normalized spacial score (nSPS) is 10.1. The number of carbonyl (C=O) groups is 1. The van der Waals surface area contributed by atoms with E-state index >= 15 is 0 Å². The number of hydrogen-bond donors (Lipinski definition) is 1. The lowest BCUT2D eigenvalue weighted by Crippen LogP contribution is -2.03. The molecule has 0 saturated carbocycles. The Morgan fingerprint density at radius 2 is 2.10 bits per heavy atom. The largest absolute Gasteiger partial charge is 0.493 e. The van der Waals surface area contributed by atoms with E-state index in [4.69, 9.17) is 14.6 Å². The molecule has 6 heteroatoms. The molecule has 0 aliphatic carbocycles. The molecule has 1 N–H and O–H groups in total. The van der Waals surface area contributed by atoms with Crippen molar-refractivity contribution >= 4 is 5.97 Å². The van der Waals surface area contributed by atoms with Gasteiger partial charge in [0.05, 0.1) is 7.11 Å². The third kappa shape index (κ3) is 3.03. The first-order chi connectivity index (χ1) is 9.63. The fourth-order valence-corrected chi connectivity index (χ4v) is 1.62. The van der Waals surface area contributed by atoms with E-state index in [-0.39, 0.29) is 11.7 Å². The number of aromatic carboxylic acids is 1. The Bertz CT molecular complexity index is 628. The van der Waals surface area contributed by atoms with Gasteiger partial charge in [-0.15, -0.1) is 0 Å². The quantitative estimate of drug-likeness (QED) is 0.902.